The Morgan fingerprint density at radius 2 is 1.96 bits per heavy atom. The van der Waals surface area contributed by atoms with Crippen molar-refractivity contribution in [3.63, 3.8) is 0 Å². The third-order valence-corrected chi connectivity index (χ3v) is 2.86. The van der Waals surface area contributed by atoms with Gasteiger partial charge < -0.3 is 20.1 Å². The van der Waals surface area contributed by atoms with Crippen molar-refractivity contribution >= 4 is 11.9 Å². The minimum atomic E-state index is -0.170. The maximum Gasteiger partial charge on any atom is 0.305 e. The molecule has 6 nitrogen and oxygen atoms in total. The van der Waals surface area contributed by atoms with E-state index in [4.69, 9.17) is 9.47 Å². The Kier molecular flexibility index (Phi) is 10.1. The predicted octanol–water partition coefficient (Wildman–Crippen LogP) is 1.96. The molecule has 0 radical (unpaired) electrons. The molecule has 0 aliphatic carbocycles. The van der Waals surface area contributed by atoms with E-state index in [0.717, 1.165) is 18.3 Å². The quantitative estimate of drug-likeness (QED) is 0.298. The molecule has 1 rings (SSSR count). The van der Waals surface area contributed by atoms with Crippen LogP contribution in [0.15, 0.2) is 35.3 Å². The van der Waals surface area contributed by atoms with Crippen LogP contribution in [0.4, 0.5) is 0 Å². The molecule has 0 heterocycles. The molecule has 0 aromatic heterocycles. The van der Waals surface area contributed by atoms with Gasteiger partial charge in [0.2, 0.25) is 0 Å². The minimum Gasteiger partial charge on any atom is -0.492 e. The van der Waals surface area contributed by atoms with Gasteiger partial charge in [0, 0.05) is 19.5 Å². The number of esters is 1. The lowest BCUT2D eigenvalue weighted by Gasteiger charge is -2.12. The first-order valence-corrected chi connectivity index (χ1v) is 8.12. The molecule has 128 valence electrons. The lowest BCUT2D eigenvalue weighted by Crippen LogP contribution is -2.39. The van der Waals surface area contributed by atoms with Gasteiger partial charge in [-0.2, -0.15) is 0 Å². The van der Waals surface area contributed by atoms with Crippen LogP contribution in [-0.2, 0) is 9.53 Å². The normalized spacial score (nSPS) is 11.0. The topological polar surface area (TPSA) is 72.0 Å². The second-order valence-corrected chi connectivity index (χ2v) is 4.76. The van der Waals surface area contributed by atoms with E-state index in [1.54, 1.807) is 6.92 Å². The van der Waals surface area contributed by atoms with Crippen molar-refractivity contribution in [2.45, 2.75) is 26.7 Å². The lowest BCUT2D eigenvalue weighted by molar-refractivity contribution is -0.143. The van der Waals surface area contributed by atoms with Gasteiger partial charge in [-0.3, -0.25) is 9.79 Å². The molecule has 0 atom stereocenters. The lowest BCUT2D eigenvalue weighted by atomic mass is 10.3. The number of para-hydroxylation sites is 1. The van der Waals surface area contributed by atoms with Gasteiger partial charge in [0.05, 0.1) is 13.2 Å². The first kappa shape index (κ1) is 18.8. The van der Waals surface area contributed by atoms with E-state index in [1.807, 2.05) is 37.3 Å². The van der Waals surface area contributed by atoms with Gasteiger partial charge in [-0.15, -0.1) is 0 Å². The number of hydrogen-bond donors (Lipinski definition) is 2. The standard InChI is InChI=1S/C17H27N3O3/c1-3-18-17(19-12-8-11-16(21)22-4-2)20-13-14-23-15-9-6-5-7-10-15/h5-7,9-10H,3-4,8,11-14H2,1-2H3,(H2,18,19,20). The molecule has 0 saturated heterocycles. The summed E-state index contributed by atoms with van der Waals surface area (Å²) in [6.45, 7) is 6.80. The summed E-state index contributed by atoms with van der Waals surface area (Å²) < 4.78 is 10.5. The molecule has 2 N–H and O–H groups in total. The van der Waals surface area contributed by atoms with Gasteiger partial charge >= 0.3 is 5.97 Å². The maximum atomic E-state index is 11.2. The summed E-state index contributed by atoms with van der Waals surface area (Å²) in [5.41, 5.74) is 0. The number of aliphatic imine (C=N–C) groups is 1. The summed E-state index contributed by atoms with van der Waals surface area (Å²) >= 11 is 0. The Morgan fingerprint density at radius 3 is 2.65 bits per heavy atom. The van der Waals surface area contributed by atoms with Crippen LogP contribution in [0.25, 0.3) is 0 Å². The van der Waals surface area contributed by atoms with Crippen LogP contribution >= 0.6 is 0 Å². The number of ether oxygens (including phenoxy) is 2. The van der Waals surface area contributed by atoms with E-state index in [2.05, 4.69) is 15.6 Å². The van der Waals surface area contributed by atoms with E-state index in [-0.39, 0.29) is 5.97 Å². The Bertz CT molecular complexity index is 463. The highest BCUT2D eigenvalue weighted by Gasteiger charge is 2.01. The fourth-order valence-electron chi connectivity index (χ4n) is 1.84. The predicted molar refractivity (Wildman–Crippen MR) is 91.8 cm³/mol. The second kappa shape index (κ2) is 12.3. The van der Waals surface area contributed by atoms with Crippen LogP contribution in [0.2, 0.25) is 0 Å². The molecule has 0 spiro atoms. The zero-order chi connectivity index (χ0) is 16.8. The van der Waals surface area contributed by atoms with Crippen LogP contribution in [0.3, 0.4) is 0 Å². The van der Waals surface area contributed by atoms with E-state index < -0.39 is 0 Å². The Balaban J connectivity index is 2.22. The first-order chi connectivity index (χ1) is 11.3. The first-order valence-electron chi connectivity index (χ1n) is 8.12. The second-order valence-electron chi connectivity index (χ2n) is 4.76. The average Bonchev–Trinajstić information content (AvgIpc) is 2.56. The monoisotopic (exact) mass is 321 g/mol. The summed E-state index contributed by atoms with van der Waals surface area (Å²) in [5.74, 6) is 1.41. The van der Waals surface area contributed by atoms with E-state index in [0.29, 0.717) is 39.1 Å². The highest BCUT2D eigenvalue weighted by Crippen LogP contribution is 2.07. The van der Waals surface area contributed by atoms with Crippen molar-refractivity contribution in [1.82, 2.24) is 10.6 Å². The number of guanidine groups is 1. The summed E-state index contributed by atoms with van der Waals surface area (Å²) in [7, 11) is 0. The highest BCUT2D eigenvalue weighted by atomic mass is 16.5. The molecule has 0 unspecified atom stereocenters. The number of nitrogens with one attached hydrogen (secondary N) is 2. The third-order valence-electron chi connectivity index (χ3n) is 2.86. The van der Waals surface area contributed by atoms with Crippen molar-refractivity contribution in [1.29, 1.82) is 0 Å². The SMILES string of the molecule is CCNC(=NCCCC(=O)OCC)NCCOc1ccccc1. The third kappa shape index (κ3) is 9.39. The minimum absolute atomic E-state index is 0.170. The number of benzene rings is 1. The van der Waals surface area contributed by atoms with Crippen LogP contribution in [0.1, 0.15) is 26.7 Å². The van der Waals surface area contributed by atoms with Crippen molar-refractivity contribution in [2.24, 2.45) is 4.99 Å². The van der Waals surface area contributed by atoms with Gasteiger partial charge in [0.1, 0.15) is 12.4 Å². The molecule has 1 aromatic carbocycles. The molecule has 0 amide bonds. The van der Waals surface area contributed by atoms with Crippen LogP contribution in [-0.4, -0.2) is 44.8 Å². The van der Waals surface area contributed by atoms with Gasteiger partial charge in [-0.1, -0.05) is 18.2 Å². The molecule has 0 fully saturated rings. The van der Waals surface area contributed by atoms with Gasteiger partial charge in [-0.25, -0.2) is 0 Å². The number of carbonyl (C=O) groups excluding carboxylic acids is 1. The smallest absolute Gasteiger partial charge is 0.305 e. The molecule has 0 saturated carbocycles. The molecule has 0 aliphatic heterocycles. The van der Waals surface area contributed by atoms with Crippen LogP contribution in [0.5, 0.6) is 5.75 Å². The zero-order valence-electron chi connectivity index (χ0n) is 14.0. The summed E-state index contributed by atoms with van der Waals surface area (Å²) in [5, 5.41) is 6.36. The van der Waals surface area contributed by atoms with Crippen LogP contribution < -0.4 is 15.4 Å². The van der Waals surface area contributed by atoms with E-state index >= 15 is 0 Å². The van der Waals surface area contributed by atoms with Gasteiger partial charge in [-0.05, 0) is 32.4 Å². The van der Waals surface area contributed by atoms with E-state index in [9.17, 15) is 4.79 Å². The Morgan fingerprint density at radius 1 is 1.17 bits per heavy atom. The summed E-state index contributed by atoms with van der Waals surface area (Å²) in [6.07, 6.45) is 1.07. The molecule has 6 heteroatoms. The molecule has 23 heavy (non-hydrogen) atoms. The van der Waals surface area contributed by atoms with Crippen molar-refractivity contribution in [2.75, 3.05) is 32.8 Å². The molecule has 0 aliphatic rings. The Labute approximate surface area is 138 Å². The van der Waals surface area contributed by atoms with Crippen molar-refractivity contribution in [3.8, 4) is 5.75 Å². The van der Waals surface area contributed by atoms with Gasteiger partial charge in [0.25, 0.3) is 0 Å². The molecular weight excluding hydrogens is 294 g/mol. The summed E-state index contributed by atoms with van der Waals surface area (Å²) in [6, 6.07) is 9.69. The largest absolute Gasteiger partial charge is 0.492 e. The number of nitrogens with zero attached hydrogens (tertiary/aromatic N) is 1. The molecule has 1 aromatic rings. The van der Waals surface area contributed by atoms with Crippen LogP contribution in [0, 0.1) is 0 Å². The number of carbonyl (C=O) groups is 1. The average molecular weight is 321 g/mol. The van der Waals surface area contributed by atoms with Crippen molar-refractivity contribution < 1.29 is 14.3 Å². The fourth-order valence-corrected chi connectivity index (χ4v) is 1.84. The number of hydrogen-bond acceptors (Lipinski definition) is 4. The zero-order valence-corrected chi connectivity index (χ0v) is 14.0. The highest BCUT2D eigenvalue weighted by molar-refractivity contribution is 5.79. The van der Waals surface area contributed by atoms with E-state index in [1.165, 1.54) is 0 Å². The van der Waals surface area contributed by atoms with Gasteiger partial charge in [0.15, 0.2) is 5.96 Å². The Hall–Kier alpha value is -2.24. The maximum absolute atomic E-state index is 11.2. The fraction of sp³-hybridized carbons (Fsp3) is 0.529. The molecule has 0 bridgehead atoms. The number of rotatable bonds is 10. The van der Waals surface area contributed by atoms with Crippen molar-refractivity contribution in [3.05, 3.63) is 30.3 Å². The molecular formula is C17H27N3O3. The summed E-state index contributed by atoms with van der Waals surface area (Å²) in [4.78, 5) is 15.7.